The molecule has 0 saturated carbocycles. The summed E-state index contributed by atoms with van der Waals surface area (Å²) in [6.45, 7) is 3.66. The molecule has 0 saturated heterocycles. The van der Waals surface area contributed by atoms with E-state index in [1.165, 1.54) is 23.5 Å². The zero-order chi connectivity index (χ0) is 21.9. The minimum absolute atomic E-state index is 0.0309. The van der Waals surface area contributed by atoms with Crippen LogP contribution < -0.4 is 5.56 Å². The van der Waals surface area contributed by atoms with Gasteiger partial charge in [-0.1, -0.05) is 35.9 Å². The van der Waals surface area contributed by atoms with E-state index >= 15 is 0 Å². The van der Waals surface area contributed by atoms with E-state index in [9.17, 15) is 18.0 Å². The summed E-state index contributed by atoms with van der Waals surface area (Å²) in [5.41, 5.74) is 3.68. The van der Waals surface area contributed by atoms with Crippen molar-refractivity contribution < 1.29 is 13.2 Å². The number of carbonyl (C=O) groups is 1. The van der Waals surface area contributed by atoms with Gasteiger partial charge in [0, 0.05) is 10.9 Å². The number of nitrogens with one attached hydrogen (secondary N) is 1. The highest BCUT2D eigenvalue weighted by Crippen LogP contribution is 2.34. The van der Waals surface area contributed by atoms with Crippen LogP contribution in [-0.4, -0.2) is 28.6 Å². The Morgan fingerprint density at radius 2 is 1.81 bits per heavy atom. The summed E-state index contributed by atoms with van der Waals surface area (Å²) in [4.78, 5) is 33.2. The van der Waals surface area contributed by atoms with E-state index in [1.807, 2.05) is 31.4 Å². The summed E-state index contributed by atoms with van der Waals surface area (Å²) in [5, 5.41) is 2.33. The fourth-order valence-electron chi connectivity index (χ4n) is 3.91. The second-order valence-corrected chi connectivity index (χ2v) is 10.2. The van der Waals surface area contributed by atoms with E-state index in [2.05, 4.69) is 16.0 Å². The first-order valence-electron chi connectivity index (χ1n) is 9.51. The van der Waals surface area contributed by atoms with Gasteiger partial charge in [0.05, 0.1) is 17.5 Å². The van der Waals surface area contributed by atoms with Crippen LogP contribution in [0, 0.1) is 13.8 Å². The van der Waals surface area contributed by atoms with Gasteiger partial charge in [0.2, 0.25) is 0 Å². The zero-order valence-corrected chi connectivity index (χ0v) is 18.3. The van der Waals surface area contributed by atoms with Gasteiger partial charge in [-0.05, 0) is 37.1 Å². The number of aryl methyl sites for hydroxylation is 2. The number of amides is 1. The van der Waals surface area contributed by atoms with Crippen LogP contribution in [-0.2, 0) is 16.6 Å². The van der Waals surface area contributed by atoms with Crippen LogP contribution in [0.1, 0.15) is 27.3 Å². The number of nitrogens with zero attached hydrogens (tertiary/aromatic N) is 2. The van der Waals surface area contributed by atoms with Crippen LogP contribution >= 0.6 is 11.3 Å². The summed E-state index contributed by atoms with van der Waals surface area (Å²) in [6.07, 6.45) is 0. The number of sulfonamides is 1. The Morgan fingerprint density at radius 3 is 2.55 bits per heavy atom. The van der Waals surface area contributed by atoms with Crippen LogP contribution in [0.5, 0.6) is 0 Å². The molecule has 5 rings (SSSR count). The molecule has 0 unspecified atom stereocenters. The molecule has 4 aromatic rings. The summed E-state index contributed by atoms with van der Waals surface area (Å²) in [5.74, 6) is -0.503. The number of carbonyl (C=O) groups excluding carboxylic acids is 1. The van der Waals surface area contributed by atoms with Gasteiger partial charge in [-0.2, -0.15) is 0 Å². The van der Waals surface area contributed by atoms with Crippen LogP contribution in [0.25, 0.3) is 21.3 Å². The Morgan fingerprint density at radius 1 is 1.03 bits per heavy atom. The Balaban J connectivity index is 1.57. The van der Waals surface area contributed by atoms with Crippen LogP contribution in [0.4, 0.5) is 0 Å². The number of fused-ring (bicyclic) bond motifs is 2. The van der Waals surface area contributed by atoms with E-state index in [4.69, 9.17) is 0 Å². The normalized spacial score (nSPS) is 14.9. The van der Waals surface area contributed by atoms with Gasteiger partial charge in [0.25, 0.3) is 21.5 Å². The molecule has 2 aromatic heterocycles. The molecule has 0 aliphatic carbocycles. The van der Waals surface area contributed by atoms with Crippen molar-refractivity contribution in [1.82, 2.24) is 14.3 Å². The number of rotatable bonds is 3. The molecule has 1 N–H and O–H groups in total. The maximum Gasteiger partial charge on any atom is 0.269 e. The number of hydrogen-bond donors (Lipinski definition) is 1. The van der Waals surface area contributed by atoms with Gasteiger partial charge in [-0.3, -0.25) is 9.59 Å². The number of benzene rings is 2. The Kier molecular flexibility index (Phi) is 4.35. The number of H-pyrrole nitrogens is 1. The van der Waals surface area contributed by atoms with Crippen molar-refractivity contribution in [3.8, 4) is 11.1 Å². The third kappa shape index (κ3) is 3.00. The largest absolute Gasteiger partial charge is 0.308 e. The fraction of sp³-hybridized carbons (Fsp3) is 0.136. The molecule has 1 aliphatic rings. The smallest absolute Gasteiger partial charge is 0.269 e. The Labute approximate surface area is 182 Å². The molecule has 3 heterocycles. The van der Waals surface area contributed by atoms with Crippen molar-refractivity contribution in [2.24, 2.45) is 0 Å². The molecule has 156 valence electrons. The molecular weight excluding hydrogens is 434 g/mol. The predicted octanol–water partition coefficient (Wildman–Crippen LogP) is 3.61. The molecule has 0 fully saturated rings. The topological polar surface area (TPSA) is 100 Å². The average Bonchev–Trinajstić information content (AvgIpc) is 3.22. The minimum atomic E-state index is -3.98. The number of thiophene rings is 1. The van der Waals surface area contributed by atoms with Gasteiger partial charge < -0.3 is 4.98 Å². The highest BCUT2D eigenvalue weighted by Gasteiger charge is 2.41. The first-order valence-corrected chi connectivity index (χ1v) is 11.8. The van der Waals surface area contributed by atoms with Gasteiger partial charge in [0.15, 0.2) is 0 Å². The van der Waals surface area contributed by atoms with E-state index in [-0.39, 0.29) is 28.4 Å². The second kappa shape index (κ2) is 6.86. The van der Waals surface area contributed by atoms with E-state index in [0.29, 0.717) is 10.2 Å². The quantitative estimate of drug-likeness (QED) is 0.513. The Hall–Kier alpha value is -3.30. The number of aromatic amines is 1. The molecule has 1 aliphatic heterocycles. The van der Waals surface area contributed by atoms with Crippen molar-refractivity contribution >= 4 is 37.5 Å². The molecule has 9 heteroatoms. The summed E-state index contributed by atoms with van der Waals surface area (Å²) in [7, 11) is -3.98. The monoisotopic (exact) mass is 451 g/mol. The molecule has 2 aromatic carbocycles. The minimum Gasteiger partial charge on any atom is -0.308 e. The standard InChI is InChI=1S/C22H17N3O4S2/c1-12-7-8-14(13(2)9-12)16-11-30-21-19(16)20(26)23-18(24-21)10-25-22(27)15-5-3-4-6-17(15)31(25,28)29/h3-9,11H,10H2,1-2H3,(H,23,24,26). The van der Waals surface area contributed by atoms with Crippen LogP contribution in [0.2, 0.25) is 0 Å². The van der Waals surface area contributed by atoms with Crippen molar-refractivity contribution in [3.63, 3.8) is 0 Å². The van der Waals surface area contributed by atoms with Crippen LogP contribution in [0.15, 0.2) is 57.5 Å². The summed E-state index contributed by atoms with van der Waals surface area (Å²) in [6, 6.07) is 12.1. The fourth-order valence-corrected chi connectivity index (χ4v) is 6.39. The van der Waals surface area contributed by atoms with E-state index < -0.39 is 15.9 Å². The first kappa shape index (κ1) is 19.7. The average molecular weight is 452 g/mol. The summed E-state index contributed by atoms with van der Waals surface area (Å²) < 4.78 is 26.3. The Bertz CT molecular complexity index is 1550. The van der Waals surface area contributed by atoms with Crippen LogP contribution in [0.3, 0.4) is 0 Å². The maximum absolute atomic E-state index is 12.9. The molecule has 0 bridgehead atoms. The highest BCUT2D eigenvalue weighted by molar-refractivity contribution is 7.90. The third-order valence-corrected chi connectivity index (χ3v) is 8.03. The zero-order valence-electron chi connectivity index (χ0n) is 16.7. The van der Waals surface area contributed by atoms with E-state index in [1.54, 1.807) is 12.1 Å². The van der Waals surface area contributed by atoms with Crippen molar-refractivity contribution in [2.75, 3.05) is 0 Å². The molecule has 0 radical (unpaired) electrons. The van der Waals surface area contributed by atoms with Gasteiger partial charge in [-0.15, -0.1) is 11.3 Å². The lowest BCUT2D eigenvalue weighted by molar-refractivity contribution is 0.0862. The molecule has 7 nitrogen and oxygen atoms in total. The van der Waals surface area contributed by atoms with Crippen molar-refractivity contribution in [1.29, 1.82) is 0 Å². The van der Waals surface area contributed by atoms with Gasteiger partial charge in [-0.25, -0.2) is 17.7 Å². The highest BCUT2D eigenvalue weighted by atomic mass is 32.2. The lowest BCUT2D eigenvalue weighted by Gasteiger charge is -2.14. The number of hydrogen-bond acceptors (Lipinski definition) is 6. The van der Waals surface area contributed by atoms with Crippen molar-refractivity contribution in [3.05, 3.63) is 80.7 Å². The molecule has 0 spiro atoms. The lowest BCUT2D eigenvalue weighted by atomic mass is 9.99. The van der Waals surface area contributed by atoms with Gasteiger partial charge in [0.1, 0.15) is 15.6 Å². The summed E-state index contributed by atoms with van der Waals surface area (Å²) >= 11 is 1.31. The molecule has 31 heavy (non-hydrogen) atoms. The SMILES string of the molecule is Cc1ccc(-c2csc3nc(CN4C(=O)c5ccccc5S4(=O)=O)[nH]c(=O)c23)c(C)c1. The maximum atomic E-state index is 12.9. The molecular formula is C22H17N3O4S2. The van der Waals surface area contributed by atoms with Gasteiger partial charge >= 0.3 is 0 Å². The third-order valence-electron chi connectivity index (χ3n) is 5.37. The number of aromatic nitrogens is 2. The molecule has 1 amide bonds. The molecule has 0 atom stereocenters. The van der Waals surface area contributed by atoms with E-state index in [0.717, 1.165) is 26.6 Å². The lowest BCUT2D eigenvalue weighted by Crippen LogP contribution is -2.31. The predicted molar refractivity (Wildman–Crippen MR) is 119 cm³/mol. The van der Waals surface area contributed by atoms with Crippen molar-refractivity contribution in [2.45, 2.75) is 25.3 Å². The first-order chi connectivity index (χ1) is 14.8. The second-order valence-electron chi connectivity index (χ2n) is 7.47.